The molecule has 1 N–H and O–H groups in total. The quantitative estimate of drug-likeness (QED) is 0.272. The summed E-state index contributed by atoms with van der Waals surface area (Å²) in [5.41, 5.74) is 1.03. The topological polar surface area (TPSA) is 105 Å². The summed E-state index contributed by atoms with van der Waals surface area (Å²) in [6.07, 6.45) is 5.23. The van der Waals surface area contributed by atoms with Crippen LogP contribution in [0.25, 0.3) is 0 Å². The lowest BCUT2D eigenvalue weighted by Crippen LogP contribution is -2.60. The van der Waals surface area contributed by atoms with E-state index in [0.717, 1.165) is 31.2 Å². The molecule has 2 saturated heterocycles. The van der Waals surface area contributed by atoms with Crippen LogP contribution in [0.2, 0.25) is 5.02 Å². The maximum Gasteiger partial charge on any atom is 0.410 e. The lowest BCUT2D eigenvalue weighted by Gasteiger charge is -2.44. The third-order valence-corrected chi connectivity index (χ3v) is 12.3. The molecule has 49 heavy (non-hydrogen) atoms. The Labute approximate surface area is 295 Å². The van der Waals surface area contributed by atoms with E-state index >= 15 is 4.39 Å². The molecule has 9 nitrogen and oxygen atoms in total. The molecule has 2 heterocycles. The van der Waals surface area contributed by atoms with Crippen LogP contribution in [0, 0.1) is 11.7 Å². The number of amides is 2. The summed E-state index contributed by atoms with van der Waals surface area (Å²) in [5.74, 6) is -0.443. The molecule has 1 saturated carbocycles. The molecule has 3 fully saturated rings. The Morgan fingerprint density at radius 1 is 1.04 bits per heavy atom. The van der Waals surface area contributed by atoms with Crippen LogP contribution < -0.4 is 5.32 Å². The first-order valence-corrected chi connectivity index (χ1v) is 19.7. The number of sulfonamides is 1. The predicted molar refractivity (Wildman–Crippen MR) is 190 cm³/mol. The van der Waals surface area contributed by atoms with Crippen LogP contribution in [0.3, 0.4) is 0 Å². The molecule has 1 unspecified atom stereocenters. The fourth-order valence-corrected chi connectivity index (χ4v) is 9.63. The summed E-state index contributed by atoms with van der Waals surface area (Å²) in [4.78, 5) is 28.6. The van der Waals surface area contributed by atoms with Crippen molar-refractivity contribution >= 4 is 39.3 Å². The van der Waals surface area contributed by atoms with Crippen molar-refractivity contribution in [3.05, 3.63) is 64.4 Å². The number of nitrogens with one attached hydrogen (secondary N) is 1. The van der Waals surface area contributed by atoms with Crippen molar-refractivity contribution in [3.63, 3.8) is 0 Å². The highest BCUT2D eigenvalue weighted by Crippen LogP contribution is 2.40. The maximum absolute atomic E-state index is 15.5. The van der Waals surface area contributed by atoms with Gasteiger partial charge in [-0.15, -0.1) is 0 Å². The number of hydrogen-bond donors (Lipinski definition) is 1. The number of carbonyl (C=O) groups is 2. The van der Waals surface area contributed by atoms with Crippen molar-refractivity contribution < 1.29 is 31.9 Å². The Kier molecular flexibility index (Phi) is 12.3. The van der Waals surface area contributed by atoms with E-state index in [1.54, 1.807) is 37.8 Å². The molecular formula is C37H51ClFN3O6S. The summed E-state index contributed by atoms with van der Waals surface area (Å²) in [6, 6.07) is 11.4. The molecule has 270 valence electrons. The molecule has 2 amide bonds. The number of nitrogens with zero attached hydrogens (tertiary/aromatic N) is 2. The van der Waals surface area contributed by atoms with Gasteiger partial charge in [-0.05, 0) is 121 Å². The van der Waals surface area contributed by atoms with Gasteiger partial charge in [-0.1, -0.05) is 29.8 Å². The van der Waals surface area contributed by atoms with Crippen LogP contribution >= 0.6 is 11.6 Å². The lowest BCUT2D eigenvalue weighted by molar-refractivity contribution is -0.117. The van der Waals surface area contributed by atoms with E-state index in [2.05, 4.69) is 5.32 Å². The number of ether oxygens (including phenoxy) is 2. The van der Waals surface area contributed by atoms with Crippen molar-refractivity contribution in [2.75, 3.05) is 30.8 Å². The van der Waals surface area contributed by atoms with Gasteiger partial charge >= 0.3 is 6.09 Å². The summed E-state index contributed by atoms with van der Waals surface area (Å²) in [7, 11) is -3.55. The molecule has 0 radical (unpaired) electrons. The molecular weight excluding hydrogens is 669 g/mol. The lowest BCUT2D eigenvalue weighted by atomic mass is 9.74. The average molecular weight is 720 g/mol. The van der Waals surface area contributed by atoms with Crippen LogP contribution in [0.1, 0.15) is 96.1 Å². The van der Waals surface area contributed by atoms with Gasteiger partial charge in [0.1, 0.15) is 11.4 Å². The number of fused-ring (bicyclic) bond motifs is 2. The molecule has 5 rings (SSSR count). The van der Waals surface area contributed by atoms with Crippen LogP contribution in [0.15, 0.2) is 42.5 Å². The molecule has 2 bridgehead atoms. The number of rotatable bonds is 10. The first kappa shape index (κ1) is 37.5. The summed E-state index contributed by atoms with van der Waals surface area (Å²) >= 11 is 6.19. The SMILES string of the molecule is CCO[C@H]1CC[C@H]([C@@H](CC(=O)Nc2cccc(F)c2CC[C@H]2CN(C(=O)OC(C)(C)C)[C@@H]3CCCS(=O)(=O)N2C3)c2ccc(Cl)cc2)CC1. The normalized spacial score (nSPS) is 26.0. The van der Waals surface area contributed by atoms with Crippen molar-refractivity contribution in [2.45, 2.75) is 115 Å². The second-order valence-corrected chi connectivity index (χ2v) is 17.2. The van der Waals surface area contributed by atoms with E-state index in [4.69, 9.17) is 21.1 Å². The van der Waals surface area contributed by atoms with E-state index in [0.29, 0.717) is 35.7 Å². The van der Waals surface area contributed by atoms with E-state index in [-0.39, 0.29) is 68.0 Å². The van der Waals surface area contributed by atoms with Gasteiger partial charge in [0.2, 0.25) is 15.9 Å². The second kappa shape index (κ2) is 16.1. The van der Waals surface area contributed by atoms with Crippen LogP contribution in [-0.2, 0) is 30.7 Å². The van der Waals surface area contributed by atoms with Crippen LogP contribution in [0.5, 0.6) is 0 Å². The fraction of sp³-hybridized carbons (Fsp3) is 0.622. The molecule has 2 aromatic rings. The van der Waals surface area contributed by atoms with E-state index in [9.17, 15) is 18.0 Å². The van der Waals surface area contributed by atoms with Gasteiger partial charge in [-0.3, -0.25) is 4.79 Å². The maximum atomic E-state index is 15.5. The van der Waals surface area contributed by atoms with Crippen molar-refractivity contribution in [2.24, 2.45) is 5.92 Å². The highest BCUT2D eigenvalue weighted by Gasteiger charge is 2.44. The smallest absolute Gasteiger partial charge is 0.410 e. The predicted octanol–water partition coefficient (Wildman–Crippen LogP) is 7.53. The number of carbonyl (C=O) groups excluding carboxylic acids is 2. The van der Waals surface area contributed by atoms with Gasteiger partial charge in [-0.2, -0.15) is 4.31 Å². The van der Waals surface area contributed by atoms with Gasteiger partial charge in [0, 0.05) is 54.5 Å². The zero-order valence-corrected chi connectivity index (χ0v) is 30.7. The minimum absolute atomic E-state index is 0.00519. The Bertz CT molecular complexity index is 1560. The van der Waals surface area contributed by atoms with Crippen LogP contribution in [0.4, 0.5) is 14.9 Å². The van der Waals surface area contributed by atoms with E-state index < -0.39 is 33.6 Å². The Hall–Kier alpha value is -2.73. The van der Waals surface area contributed by atoms with E-state index in [1.807, 2.05) is 31.2 Å². The van der Waals surface area contributed by atoms with Crippen molar-refractivity contribution in [1.29, 1.82) is 0 Å². The highest BCUT2D eigenvalue weighted by atomic mass is 35.5. The Morgan fingerprint density at radius 2 is 1.76 bits per heavy atom. The molecule has 0 aromatic heterocycles. The molecule has 1 aliphatic carbocycles. The fourth-order valence-electron chi connectivity index (χ4n) is 7.71. The van der Waals surface area contributed by atoms with E-state index in [1.165, 1.54) is 10.4 Å². The molecule has 4 atom stereocenters. The van der Waals surface area contributed by atoms with Crippen molar-refractivity contribution in [1.82, 2.24) is 9.21 Å². The number of benzene rings is 2. The number of hydrogen-bond acceptors (Lipinski definition) is 6. The van der Waals surface area contributed by atoms with Crippen molar-refractivity contribution in [3.8, 4) is 0 Å². The number of halogens is 2. The molecule has 12 heteroatoms. The highest BCUT2D eigenvalue weighted by molar-refractivity contribution is 7.89. The minimum Gasteiger partial charge on any atom is -0.444 e. The summed E-state index contributed by atoms with van der Waals surface area (Å²) in [5, 5.41) is 3.63. The average Bonchev–Trinajstić information content (AvgIpc) is 3.16. The Morgan fingerprint density at radius 3 is 2.43 bits per heavy atom. The van der Waals surface area contributed by atoms with Gasteiger partial charge < -0.3 is 19.7 Å². The third-order valence-electron chi connectivity index (χ3n) is 10.1. The van der Waals surface area contributed by atoms with Gasteiger partial charge in [-0.25, -0.2) is 17.6 Å². The molecule has 0 spiro atoms. The number of anilines is 1. The molecule has 2 aromatic carbocycles. The Balaban J connectivity index is 1.32. The second-order valence-electron chi connectivity index (χ2n) is 14.7. The first-order valence-electron chi connectivity index (χ1n) is 17.7. The van der Waals surface area contributed by atoms with Gasteiger partial charge in [0.05, 0.1) is 11.9 Å². The first-order chi connectivity index (χ1) is 23.2. The molecule has 2 aliphatic heterocycles. The summed E-state index contributed by atoms with van der Waals surface area (Å²) < 4.78 is 55.1. The standard InChI is InChI=1S/C37H51ClFN3O6S/c1-5-47-30-18-13-26(14-19-30)32(25-11-15-27(38)16-12-25)22-35(43)40-34-10-6-9-33(39)31(34)20-17-29-23-41(36(44)48-37(2,3)4)28-8-7-21-49(45,46)42(29)24-28/h6,9-12,15-16,26,28-30,32H,5,7-8,13-14,17-24H2,1-4H3,(H,40,43)/t26-,28-,29+,30-,32+/m1/s1. The monoisotopic (exact) mass is 719 g/mol. The van der Waals surface area contributed by atoms with Crippen LogP contribution in [-0.4, -0.2) is 78.9 Å². The van der Waals surface area contributed by atoms with Gasteiger partial charge in [0.15, 0.2) is 0 Å². The molecule has 3 aliphatic rings. The summed E-state index contributed by atoms with van der Waals surface area (Å²) in [6.45, 7) is 8.44. The third kappa shape index (κ3) is 9.74. The zero-order chi connectivity index (χ0) is 35.3. The number of piperazine rings is 1. The largest absolute Gasteiger partial charge is 0.444 e. The minimum atomic E-state index is -3.55. The zero-order valence-electron chi connectivity index (χ0n) is 29.1. The van der Waals surface area contributed by atoms with Gasteiger partial charge in [0.25, 0.3) is 0 Å².